The Balaban J connectivity index is 2.42. The summed E-state index contributed by atoms with van der Waals surface area (Å²) in [4.78, 5) is 2.27. The van der Waals surface area contributed by atoms with Gasteiger partial charge in [0.2, 0.25) is 0 Å². The van der Waals surface area contributed by atoms with E-state index in [1.807, 2.05) is 12.1 Å². The number of hydrogen-bond donors (Lipinski definition) is 1. The molecule has 0 aliphatic rings. The Bertz CT molecular complexity index is 435. The van der Waals surface area contributed by atoms with Crippen molar-refractivity contribution >= 4 is 0 Å². The molecule has 0 heterocycles. The summed E-state index contributed by atoms with van der Waals surface area (Å²) >= 11 is 0. The summed E-state index contributed by atoms with van der Waals surface area (Å²) in [6.45, 7) is 13.3. The molecule has 112 valence electrons. The topological polar surface area (TPSA) is 24.5 Å². The average molecular weight is 276 g/mol. The van der Waals surface area contributed by atoms with Crippen LogP contribution in [0.5, 0.6) is 5.75 Å². The highest BCUT2D eigenvalue weighted by Crippen LogP contribution is 2.14. The second-order valence-electron chi connectivity index (χ2n) is 6.38. The van der Waals surface area contributed by atoms with Gasteiger partial charge in [0.15, 0.2) is 0 Å². The molecule has 1 N–H and O–H groups in total. The first-order valence-corrected chi connectivity index (χ1v) is 7.03. The van der Waals surface area contributed by atoms with E-state index >= 15 is 0 Å². The van der Waals surface area contributed by atoms with E-state index in [4.69, 9.17) is 4.74 Å². The van der Waals surface area contributed by atoms with Crippen LogP contribution in [0, 0.1) is 0 Å². The average Bonchev–Trinajstić information content (AvgIpc) is 2.35. The number of methoxy groups -OCH3 is 1. The van der Waals surface area contributed by atoms with Gasteiger partial charge in [0, 0.05) is 25.2 Å². The second-order valence-corrected chi connectivity index (χ2v) is 6.38. The Kier molecular flexibility index (Phi) is 6.24. The van der Waals surface area contributed by atoms with Gasteiger partial charge in [0.25, 0.3) is 0 Å². The Hall–Kier alpha value is -1.32. The van der Waals surface area contributed by atoms with Crippen LogP contribution in [0.15, 0.2) is 36.4 Å². The fourth-order valence-corrected chi connectivity index (χ4v) is 1.97. The van der Waals surface area contributed by atoms with Crippen LogP contribution in [0.3, 0.4) is 0 Å². The molecular weight excluding hydrogens is 248 g/mol. The summed E-state index contributed by atoms with van der Waals surface area (Å²) in [5.74, 6) is 0.907. The third kappa shape index (κ3) is 6.73. The maximum atomic E-state index is 5.25. The van der Waals surface area contributed by atoms with Gasteiger partial charge in [0.05, 0.1) is 7.11 Å². The molecule has 0 atom stereocenters. The number of benzene rings is 1. The number of hydrogen-bond acceptors (Lipinski definition) is 3. The van der Waals surface area contributed by atoms with Gasteiger partial charge in [0.1, 0.15) is 5.75 Å². The van der Waals surface area contributed by atoms with Crippen molar-refractivity contribution in [2.24, 2.45) is 0 Å². The minimum absolute atomic E-state index is 0.133. The summed E-state index contributed by atoms with van der Waals surface area (Å²) in [6, 6.07) is 8.19. The third-order valence-corrected chi connectivity index (χ3v) is 2.95. The van der Waals surface area contributed by atoms with E-state index in [2.05, 4.69) is 56.7 Å². The molecular formula is C17H28N2O. The number of ether oxygens (including phenoxy) is 1. The van der Waals surface area contributed by atoms with Crippen LogP contribution in [0.1, 0.15) is 26.3 Å². The largest absolute Gasteiger partial charge is 0.497 e. The summed E-state index contributed by atoms with van der Waals surface area (Å²) in [7, 11) is 3.81. The molecule has 1 aromatic carbocycles. The quantitative estimate of drug-likeness (QED) is 0.775. The Morgan fingerprint density at radius 1 is 1.35 bits per heavy atom. The molecule has 0 unspecified atom stereocenters. The van der Waals surface area contributed by atoms with E-state index in [0.717, 1.165) is 25.4 Å². The fraction of sp³-hybridized carbons (Fsp3) is 0.529. The minimum Gasteiger partial charge on any atom is -0.497 e. The van der Waals surface area contributed by atoms with Crippen molar-refractivity contribution in [1.82, 2.24) is 10.2 Å². The first kappa shape index (κ1) is 16.7. The van der Waals surface area contributed by atoms with Crippen LogP contribution in [0.4, 0.5) is 0 Å². The number of nitrogens with zero attached hydrogens (tertiary/aromatic N) is 1. The van der Waals surface area contributed by atoms with Crippen molar-refractivity contribution in [1.29, 1.82) is 0 Å². The van der Waals surface area contributed by atoms with Crippen LogP contribution in [-0.4, -0.2) is 37.7 Å². The molecule has 0 radical (unpaired) electrons. The molecule has 1 rings (SSSR count). The maximum Gasteiger partial charge on any atom is 0.119 e. The van der Waals surface area contributed by atoms with Gasteiger partial charge in [-0.2, -0.15) is 0 Å². The zero-order chi connectivity index (χ0) is 15.2. The van der Waals surface area contributed by atoms with Gasteiger partial charge in [-0.15, -0.1) is 0 Å². The van der Waals surface area contributed by atoms with Crippen LogP contribution in [-0.2, 0) is 6.54 Å². The standard InChI is InChI=1S/C17H28N2O/c1-14(11-18-17(2,3)4)12-19(5)13-15-8-7-9-16(10-15)20-6/h7-10,18H,1,11-13H2,2-6H3. The predicted molar refractivity (Wildman–Crippen MR) is 86.2 cm³/mol. The van der Waals surface area contributed by atoms with E-state index in [-0.39, 0.29) is 5.54 Å². The minimum atomic E-state index is 0.133. The summed E-state index contributed by atoms with van der Waals surface area (Å²) in [5, 5.41) is 3.46. The van der Waals surface area contributed by atoms with Crippen molar-refractivity contribution in [3.63, 3.8) is 0 Å². The second kappa shape index (κ2) is 7.46. The molecule has 1 aromatic rings. The monoisotopic (exact) mass is 276 g/mol. The van der Waals surface area contributed by atoms with Gasteiger partial charge in [-0.25, -0.2) is 0 Å². The van der Waals surface area contributed by atoms with Crippen LogP contribution < -0.4 is 10.1 Å². The number of nitrogens with one attached hydrogen (secondary N) is 1. The lowest BCUT2D eigenvalue weighted by Gasteiger charge is -2.24. The lowest BCUT2D eigenvalue weighted by atomic mass is 10.1. The Labute approximate surface area is 123 Å². The molecule has 0 aliphatic heterocycles. The van der Waals surface area contributed by atoms with Crippen LogP contribution >= 0.6 is 0 Å². The number of likely N-dealkylation sites (N-methyl/N-ethyl adjacent to an activating group) is 1. The Morgan fingerprint density at radius 2 is 2.05 bits per heavy atom. The molecule has 20 heavy (non-hydrogen) atoms. The molecule has 0 saturated carbocycles. The van der Waals surface area contributed by atoms with E-state index in [0.29, 0.717) is 0 Å². The van der Waals surface area contributed by atoms with E-state index in [9.17, 15) is 0 Å². The lowest BCUT2D eigenvalue weighted by Crippen LogP contribution is -2.38. The molecule has 3 heteroatoms. The van der Waals surface area contributed by atoms with Gasteiger partial charge >= 0.3 is 0 Å². The normalized spacial score (nSPS) is 11.7. The smallest absolute Gasteiger partial charge is 0.119 e. The number of rotatable bonds is 7. The molecule has 0 bridgehead atoms. The SMILES string of the molecule is C=C(CNC(C)(C)C)CN(C)Cc1cccc(OC)c1. The fourth-order valence-electron chi connectivity index (χ4n) is 1.97. The van der Waals surface area contributed by atoms with E-state index < -0.39 is 0 Å². The van der Waals surface area contributed by atoms with Gasteiger partial charge in [-0.3, -0.25) is 4.90 Å². The van der Waals surface area contributed by atoms with Gasteiger partial charge in [-0.1, -0.05) is 18.7 Å². The molecule has 0 spiro atoms. The van der Waals surface area contributed by atoms with Crippen LogP contribution in [0.25, 0.3) is 0 Å². The molecule has 0 amide bonds. The van der Waals surface area contributed by atoms with Crippen molar-refractivity contribution in [2.75, 3.05) is 27.2 Å². The van der Waals surface area contributed by atoms with Crippen LogP contribution in [0.2, 0.25) is 0 Å². The zero-order valence-electron chi connectivity index (χ0n) is 13.5. The molecule has 0 aliphatic carbocycles. The molecule has 0 aromatic heterocycles. The lowest BCUT2D eigenvalue weighted by molar-refractivity contribution is 0.345. The molecule has 0 saturated heterocycles. The molecule has 3 nitrogen and oxygen atoms in total. The first-order valence-electron chi connectivity index (χ1n) is 7.03. The summed E-state index contributed by atoms with van der Waals surface area (Å²) in [6.07, 6.45) is 0. The zero-order valence-corrected chi connectivity index (χ0v) is 13.5. The van der Waals surface area contributed by atoms with E-state index in [1.54, 1.807) is 7.11 Å². The summed E-state index contributed by atoms with van der Waals surface area (Å²) < 4.78 is 5.25. The van der Waals surface area contributed by atoms with Crippen molar-refractivity contribution < 1.29 is 4.74 Å². The van der Waals surface area contributed by atoms with E-state index in [1.165, 1.54) is 11.1 Å². The summed E-state index contributed by atoms with van der Waals surface area (Å²) in [5.41, 5.74) is 2.59. The van der Waals surface area contributed by atoms with Gasteiger partial charge < -0.3 is 10.1 Å². The van der Waals surface area contributed by atoms with Crippen molar-refractivity contribution in [3.05, 3.63) is 42.0 Å². The Morgan fingerprint density at radius 3 is 2.65 bits per heavy atom. The van der Waals surface area contributed by atoms with Crippen molar-refractivity contribution in [2.45, 2.75) is 32.9 Å². The maximum absolute atomic E-state index is 5.25. The van der Waals surface area contributed by atoms with Crippen molar-refractivity contribution in [3.8, 4) is 5.75 Å². The third-order valence-electron chi connectivity index (χ3n) is 2.95. The highest BCUT2D eigenvalue weighted by Gasteiger charge is 2.10. The predicted octanol–water partition coefficient (Wildman–Crippen LogP) is 3.07. The van der Waals surface area contributed by atoms with Gasteiger partial charge in [-0.05, 0) is 51.1 Å². The first-order chi connectivity index (χ1) is 9.30. The highest BCUT2D eigenvalue weighted by atomic mass is 16.5. The highest BCUT2D eigenvalue weighted by molar-refractivity contribution is 5.28. The molecule has 0 fully saturated rings.